The molecule has 0 saturated carbocycles. The van der Waals surface area contributed by atoms with Gasteiger partial charge < -0.3 is 4.74 Å². The number of methoxy groups -OCH3 is 1. The van der Waals surface area contributed by atoms with Crippen LogP contribution in [-0.2, 0) is 13.1 Å². The monoisotopic (exact) mass is 451 g/mol. The molecule has 4 aromatic rings. The van der Waals surface area contributed by atoms with Gasteiger partial charge in [0.05, 0.1) is 25.7 Å². The molecule has 4 rings (SSSR count). The molecule has 2 heterocycles. The topological polar surface area (TPSA) is 66.1 Å². The number of ether oxygens (including phenoxy) is 1. The summed E-state index contributed by atoms with van der Waals surface area (Å²) in [5, 5.41) is 0. The fourth-order valence-corrected chi connectivity index (χ4v) is 3.49. The highest BCUT2D eigenvalue weighted by Crippen LogP contribution is 2.14. The maximum Gasteiger partial charge on any atom is 0.332 e. The zero-order chi connectivity index (χ0) is 20.4. The molecular formula is C22H18BrN3O3. The van der Waals surface area contributed by atoms with E-state index in [1.165, 1.54) is 4.57 Å². The van der Waals surface area contributed by atoms with Crippen molar-refractivity contribution in [3.8, 4) is 5.75 Å². The van der Waals surface area contributed by atoms with Crippen molar-refractivity contribution < 1.29 is 4.74 Å². The first kappa shape index (κ1) is 19.1. The van der Waals surface area contributed by atoms with E-state index in [2.05, 4.69) is 20.9 Å². The first-order chi connectivity index (χ1) is 14.1. The fraction of sp³-hybridized carbons (Fsp3) is 0.136. The van der Waals surface area contributed by atoms with E-state index >= 15 is 0 Å². The van der Waals surface area contributed by atoms with Crippen LogP contribution in [0, 0.1) is 0 Å². The van der Waals surface area contributed by atoms with Crippen molar-refractivity contribution in [1.82, 2.24) is 14.1 Å². The molecule has 7 heteroatoms. The molecule has 0 saturated heterocycles. The van der Waals surface area contributed by atoms with Gasteiger partial charge in [-0.3, -0.25) is 13.9 Å². The first-order valence-corrected chi connectivity index (χ1v) is 9.82. The molecule has 2 aromatic carbocycles. The van der Waals surface area contributed by atoms with Gasteiger partial charge in [0, 0.05) is 10.7 Å². The van der Waals surface area contributed by atoms with Crippen molar-refractivity contribution in [3.63, 3.8) is 0 Å². The van der Waals surface area contributed by atoms with Gasteiger partial charge in [-0.25, -0.2) is 9.78 Å². The highest BCUT2D eigenvalue weighted by atomic mass is 79.9. The summed E-state index contributed by atoms with van der Waals surface area (Å²) >= 11 is 3.42. The van der Waals surface area contributed by atoms with Gasteiger partial charge in [-0.15, -0.1) is 0 Å². The predicted octanol–water partition coefficient (Wildman–Crippen LogP) is 3.43. The van der Waals surface area contributed by atoms with E-state index in [0.29, 0.717) is 17.8 Å². The standard InChI is InChI=1S/C22H18BrN3O3/c1-29-18-10-6-16(7-11-18)14-26-21(27)20-19(3-2-12-24-20)25(22(26)28)13-15-4-8-17(23)9-5-15/h2-12H,13-14H2,1H3. The molecule has 0 radical (unpaired) electrons. The number of pyridine rings is 1. The van der Waals surface area contributed by atoms with Crippen LogP contribution in [0.15, 0.2) is 80.9 Å². The van der Waals surface area contributed by atoms with E-state index in [1.807, 2.05) is 36.4 Å². The molecule has 2 aromatic heterocycles. The van der Waals surface area contributed by atoms with Crippen molar-refractivity contribution in [2.75, 3.05) is 7.11 Å². The number of nitrogens with zero attached hydrogens (tertiary/aromatic N) is 3. The second-order valence-corrected chi connectivity index (χ2v) is 7.52. The molecule has 0 bridgehead atoms. The molecule has 0 atom stereocenters. The normalized spacial score (nSPS) is 11.0. The highest BCUT2D eigenvalue weighted by Gasteiger charge is 2.14. The lowest BCUT2D eigenvalue weighted by Gasteiger charge is -2.14. The smallest absolute Gasteiger partial charge is 0.332 e. The molecule has 0 unspecified atom stereocenters. The minimum atomic E-state index is -0.395. The summed E-state index contributed by atoms with van der Waals surface area (Å²) in [5.74, 6) is 0.717. The summed E-state index contributed by atoms with van der Waals surface area (Å²) in [6.07, 6.45) is 1.57. The Bertz CT molecular complexity index is 1280. The molecule has 0 aliphatic carbocycles. The second-order valence-electron chi connectivity index (χ2n) is 6.61. The number of fused-ring (bicyclic) bond motifs is 1. The van der Waals surface area contributed by atoms with Gasteiger partial charge in [-0.1, -0.05) is 40.2 Å². The predicted molar refractivity (Wildman–Crippen MR) is 116 cm³/mol. The first-order valence-electron chi connectivity index (χ1n) is 9.02. The second kappa shape index (κ2) is 8.05. The Morgan fingerprint density at radius 3 is 2.17 bits per heavy atom. The van der Waals surface area contributed by atoms with Crippen molar-refractivity contribution in [1.29, 1.82) is 0 Å². The minimum absolute atomic E-state index is 0.161. The van der Waals surface area contributed by atoms with Crippen LogP contribution in [0.25, 0.3) is 11.0 Å². The number of hydrogen-bond donors (Lipinski definition) is 0. The van der Waals surface area contributed by atoms with E-state index < -0.39 is 5.56 Å². The average Bonchev–Trinajstić information content (AvgIpc) is 2.76. The number of halogens is 1. The van der Waals surface area contributed by atoms with Crippen LogP contribution in [0.5, 0.6) is 5.75 Å². The van der Waals surface area contributed by atoms with E-state index in [1.54, 1.807) is 42.1 Å². The molecule has 146 valence electrons. The molecule has 6 nitrogen and oxygen atoms in total. The number of hydrogen-bond acceptors (Lipinski definition) is 4. The summed E-state index contributed by atoms with van der Waals surface area (Å²) in [4.78, 5) is 30.5. The van der Waals surface area contributed by atoms with Crippen molar-refractivity contribution in [2.45, 2.75) is 13.1 Å². The molecule has 0 aliphatic rings. The zero-order valence-corrected chi connectivity index (χ0v) is 17.3. The summed E-state index contributed by atoms with van der Waals surface area (Å²) in [7, 11) is 1.59. The van der Waals surface area contributed by atoms with Crippen LogP contribution in [0.1, 0.15) is 11.1 Å². The Hall–Kier alpha value is -3.19. The van der Waals surface area contributed by atoms with Gasteiger partial charge in [-0.05, 0) is 47.5 Å². The third kappa shape index (κ3) is 3.86. The Labute approximate surface area is 175 Å². The Morgan fingerprint density at radius 2 is 1.52 bits per heavy atom. The SMILES string of the molecule is COc1ccc(Cn2c(=O)c3ncccc3n(Cc3ccc(Br)cc3)c2=O)cc1. The largest absolute Gasteiger partial charge is 0.497 e. The van der Waals surface area contributed by atoms with Gasteiger partial charge in [0.1, 0.15) is 5.75 Å². The molecular weight excluding hydrogens is 434 g/mol. The fourth-order valence-electron chi connectivity index (χ4n) is 3.22. The van der Waals surface area contributed by atoms with Crippen LogP contribution >= 0.6 is 15.9 Å². The summed E-state index contributed by atoms with van der Waals surface area (Å²) < 4.78 is 8.96. The molecule has 0 spiro atoms. The average molecular weight is 452 g/mol. The Morgan fingerprint density at radius 1 is 0.897 bits per heavy atom. The van der Waals surface area contributed by atoms with Crippen LogP contribution in [0.3, 0.4) is 0 Å². The number of benzene rings is 2. The molecule has 0 N–H and O–H groups in total. The summed E-state index contributed by atoms with van der Waals surface area (Å²) in [6, 6.07) is 18.5. The van der Waals surface area contributed by atoms with Crippen molar-refractivity contribution in [2.24, 2.45) is 0 Å². The maximum atomic E-state index is 13.3. The third-order valence-corrected chi connectivity index (χ3v) is 5.27. The molecule has 0 amide bonds. The van der Waals surface area contributed by atoms with E-state index in [4.69, 9.17) is 4.74 Å². The Balaban J connectivity index is 1.84. The highest BCUT2D eigenvalue weighted by molar-refractivity contribution is 9.10. The summed E-state index contributed by atoms with van der Waals surface area (Å²) in [6.45, 7) is 0.506. The molecule has 0 aliphatic heterocycles. The number of rotatable bonds is 5. The molecule has 29 heavy (non-hydrogen) atoms. The van der Waals surface area contributed by atoms with Gasteiger partial charge in [0.2, 0.25) is 0 Å². The van der Waals surface area contributed by atoms with E-state index in [-0.39, 0.29) is 17.8 Å². The van der Waals surface area contributed by atoms with Crippen LogP contribution in [0.2, 0.25) is 0 Å². The maximum absolute atomic E-state index is 13.3. The summed E-state index contributed by atoms with van der Waals surface area (Å²) in [5.41, 5.74) is 1.82. The van der Waals surface area contributed by atoms with Crippen LogP contribution in [0.4, 0.5) is 0 Å². The molecule has 0 fully saturated rings. The van der Waals surface area contributed by atoms with E-state index in [9.17, 15) is 9.59 Å². The lowest BCUT2D eigenvalue weighted by atomic mass is 10.2. The van der Waals surface area contributed by atoms with Gasteiger partial charge in [0.25, 0.3) is 5.56 Å². The van der Waals surface area contributed by atoms with Gasteiger partial charge >= 0.3 is 5.69 Å². The lowest BCUT2D eigenvalue weighted by molar-refractivity contribution is 0.414. The quantitative estimate of drug-likeness (QED) is 0.466. The minimum Gasteiger partial charge on any atom is -0.497 e. The van der Waals surface area contributed by atoms with Crippen LogP contribution in [-0.4, -0.2) is 21.2 Å². The number of aromatic nitrogens is 3. The van der Waals surface area contributed by atoms with Crippen molar-refractivity contribution >= 4 is 27.0 Å². The Kier molecular flexibility index (Phi) is 5.31. The lowest BCUT2D eigenvalue weighted by Crippen LogP contribution is -2.40. The van der Waals surface area contributed by atoms with Gasteiger partial charge in [0.15, 0.2) is 5.52 Å². The zero-order valence-electron chi connectivity index (χ0n) is 15.7. The van der Waals surface area contributed by atoms with Crippen molar-refractivity contribution in [3.05, 3.63) is 103 Å². The van der Waals surface area contributed by atoms with Gasteiger partial charge in [-0.2, -0.15) is 0 Å². The van der Waals surface area contributed by atoms with E-state index in [0.717, 1.165) is 15.6 Å². The van der Waals surface area contributed by atoms with Crippen LogP contribution < -0.4 is 16.0 Å². The third-order valence-electron chi connectivity index (χ3n) is 4.74.